The molecule has 0 saturated carbocycles. The van der Waals surface area contributed by atoms with Gasteiger partial charge in [-0.2, -0.15) is 9.97 Å². The molecule has 4 N–H and O–H groups in total. The third-order valence-corrected chi connectivity index (χ3v) is 3.52. The van der Waals surface area contributed by atoms with E-state index in [9.17, 15) is 0 Å². The highest BCUT2D eigenvalue weighted by Gasteiger charge is 2.03. The Morgan fingerprint density at radius 1 is 1.28 bits per heavy atom. The van der Waals surface area contributed by atoms with E-state index in [1.54, 1.807) is 11.3 Å². The number of nitrogens with zero attached hydrogens (tertiary/aromatic N) is 2. The van der Waals surface area contributed by atoms with Crippen molar-refractivity contribution >= 4 is 28.9 Å². The lowest BCUT2D eigenvalue weighted by Crippen LogP contribution is -2.07. The highest BCUT2D eigenvalue weighted by molar-refractivity contribution is 7.10. The van der Waals surface area contributed by atoms with Gasteiger partial charge in [0.05, 0.1) is 6.54 Å². The van der Waals surface area contributed by atoms with Crippen molar-refractivity contribution in [2.75, 3.05) is 22.9 Å². The predicted molar refractivity (Wildman–Crippen MR) is 77.0 cm³/mol. The smallest absolute Gasteiger partial charge is 0.223 e. The molecule has 0 bridgehead atoms. The van der Waals surface area contributed by atoms with E-state index in [-0.39, 0.29) is 5.95 Å². The fourth-order valence-electron chi connectivity index (χ4n) is 1.58. The summed E-state index contributed by atoms with van der Waals surface area (Å²) in [6.07, 6.45) is 0. The second-order valence-electron chi connectivity index (χ2n) is 3.91. The third kappa shape index (κ3) is 3.10. The van der Waals surface area contributed by atoms with Crippen LogP contribution in [0.4, 0.5) is 17.6 Å². The summed E-state index contributed by atoms with van der Waals surface area (Å²) < 4.78 is 0. The van der Waals surface area contributed by atoms with Crippen molar-refractivity contribution in [3.63, 3.8) is 0 Å². The fourth-order valence-corrected chi connectivity index (χ4v) is 2.43. The van der Waals surface area contributed by atoms with Gasteiger partial charge >= 0.3 is 0 Å². The zero-order chi connectivity index (χ0) is 13.0. The SMILES string of the molecule is CCNc1cc(NCc2sccc2C)nc(N)n1. The van der Waals surface area contributed by atoms with Gasteiger partial charge in [-0.1, -0.05) is 0 Å². The van der Waals surface area contributed by atoms with Gasteiger partial charge in [0.15, 0.2) is 0 Å². The highest BCUT2D eigenvalue weighted by atomic mass is 32.1. The van der Waals surface area contributed by atoms with Gasteiger partial charge in [-0.05, 0) is 30.9 Å². The van der Waals surface area contributed by atoms with E-state index in [4.69, 9.17) is 5.73 Å². The molecule has 0 spiro atoms. The molecule has 0 unspecified atom stereocenters. The van der Waals surface area contributed by atoms with Crippen LogP contribution in [0, 0.1) is 6.92 Å². The summed E-state index contributed by atoms with van der Waals surface area (Å²) in [6.45, 7) is 5.68. The number of hydrogen-bond donors (Lipinski definition) is 3. The van der Waals surface area contributed by atoms with Gasteiger partial charge in [0.25, 0.3) is 0 Å². The molecule has 0 aliphatic carbocycles. The van der Waals surface area contributed by atoms with E-state index in [2.05, 4.69) is 39.0 Å². The molecule has 18 heavy (non-hydrogen) atoms. The van der Waals surface area contributed by atoms with Gasteiger partial charge in [0.1, 0.15) is 11.6 Å². The van der Waals surface area contributed by atoms with Crippen LogP contribution in [0.2, 0.25) is 0 Å². The van der Waals surface area contributed by atoms with Crippen LogP contribution >= 0.6 is 11.3 Å². The van der Waals surface area contributed by atoms with Crippen molar-refractivity contribution in [3.8, 4) is 0 Å². The minimum absolute atomic E-state index is 0.277. The Labute approximate surface area is 110 Å². The van der Waals surface area contributed by atoms with E-state index in [0.29, 0.717) is 0 Å². The van der Waals surface area contributed by atoms with E-state index in [0.717, 1.165) is 24.7 Å². The lowest BCUT2D eigenvalue weighted by atomic mass is 10.3. The number of nitrogens with one attached hydrogen (secondary N) is 2. The van der Waals surface area contributed by atoms with Crippen molar-refractivity contribution in [1.29, 1.82) is 0 Å². The molecule has 0 aliphatic rings. The molecule has 2 heterocycles. The summed E-state index contributed by atoms with van der Waals surface area (Å²) in [6, 6.07) is 3.98. The maximum Gasteiger partial charge on any atom is 0.223 e. The Bertz CT molecular complexity index is 523. The predicted octanol–water partition coefficient (Wildman–Crippen LogP) is 2.47. The first-order valence-corrected chi connectivity index (χ1v) is 6.72. The summed E-state index contributed by atoms with van der Waals surface area (Å²) in [7, 11) is 0. The Morgan fingerprint density at radius 2 is 2.00 bits per heavy atom. The van der Waals surface area contributed by atoms with Gasteiger partial charge in [-0.3, -0.25) is 0 Å². The van der Waals surface area contributed by atoms with Crippen molar-refractivity contribution in [2.24, 2.45) is 0 Å². The molecular formula is C12H17N5S. The van der Waals surface area contributed by atoms with Crippen LogP contribution in [-0.2, 0) is 6.54 Å². The van der Waals surface area contributed by atoms with E-state index < -0.39 is 0 Å². The summed E-state index contributed by atoms with van der Waals surface area (Å²) in [5.74, 6) is 1.76. The minimum atomic E-state index is 0.277. The van der Waals surface area contributed by atoms with Crippen LogP contribution in [-0.4, -0.2) is 16.5 Å². The second kappa shape index (κ2) is 5.68. The number of aromatic nitrogens is 2. The third-order valence-electron chi connectivity index (χ3n) is 2.50. The van der Waals surface area contributed by atoms with E-state index >= 15 is 0 Å². The van der Waals surface area contributed by atoms with Crippen LogP contribution < -0.4 is 16.4 Å². The minimum Gasteiger partial charge on any atom is -0.370 e. The molecule has 6 heteroatoms. The van der Waals surface area contributed by atoms with Crippen LogP contribution in [0.15, 0.2) is 17.5 Å². The number of rotatable bonds is 5. The Hall–Kier alpha value is -1.82. The fraction of sp³-hybridized carbons (Fsp3) is 0.333. The zero-order valence-electron chi connectivity index (χ0n) is 10.5. The molecular weight excluding hydrogens is 246 g/mol. The molecule has 96 valence electrons. The van der Waals surface area contributed by atoms with Crippen molar-refractivity contribution in [3.05, 3.63) is 28.0 Å². The summed E-state index contributed by atoms with van der Waals surface area (Å²) >= 11 is 1.73. The molecule has 0 amide bonds. The molecule has 0 radical (unpaired) electrons. The summed E-state index contributed by atoms with van der Waals surface area (Å²) in [5, 5.41) is 8.48. The Balaban J connectivity index is 2.07. The van der Waals surface area contributed by atoms with Gasteiger partial charge in [0, 0.05) is 17.5 Å². The molecule has 2 rings (SSSR count). The van der Waals surface area contributed by atoms with Crippen molar-refractivity contribution in [1.82, 2.24) is 9.97 Å². The van der Waals surface area contributed by atoms with Gasteiger partial charge < -0.3 is 16.4 Å². The maximum atomic E-state index is 5.67. The molecule has 0 fully saturated rings. The number of thiophene rings is 1. The topological polar surface area (TPSA) is 75.9 Å². The lowest BCUT2D eigenvalue weighted by Gasteiger charge is -2.08. The summed E-state index contributed by atoms with van der Waals surface area (Å²) in [5.41, 5.74) is 6.96. The van der Waals surface area contributed by atoms with Gasteiger partial charge in [0.2, 0.25) is 5.95 Å². The van der Waals surface area contributed by atoms with Gasteiger partial charge in [-0.25, -0.2) is 0 Å². The van der Waals surface area contributed by atoms with Crippen molar-refractivity contribution < 1.29 is 0 Å². The van der Waals surface area contributed by atoms with Crippen molar-refractivity contribution in [2.45, 2.75) is 20.4 Å². The zero-order valence-corrected chi connectivity index (χ0v) is 11.3. The number of anilines is 3. The quantitative estimate of drug-likeness (QED) is 0.772. The number of nitrogens with two attached hydrogens (primary N) is 1. The highest BCUT2D eigenvalue weighted by Crippen LogP contribution is 2.18. The number of nitrogen functional groups attached to an aromatic ring is 1. The first-order chi connectivity index (χ1) is 8.69. The molecule has 2 aromatic rings. The Kier molecular flexibility index (Phi) is 3.99. The first kappa shape index (κ1) is 12.6. The van der Waals surface area contributed by atoms with E-state index in [1.807, 2.05) is 13.0 Å². The van der Waals surface area contributed by atoms with Gasteiger partial charge in [-0.15, -0.1) is 11.3 Å². The van der Waals surface area contributed by atoms with E-state index in [1.165, 1.54) is 10.4 Å². The van der Waals surface area contributed by atoms with Crippen LogP contribution in [0.3, 0.4) is 0 Å². The maximum absolute atomic E-state index is 5.67. The number of hydrogen-bond acceptors (Lipinski definition) is 6. The average Bonchev–Trinajstić information content (AvgIpc) is 2.72. The normalized spacial score (nSPS) is 10.3. The second-order valence-corrected chi connectivity index (χ2v) is 4.91. The summed E-state index contributed by atoms with van der Waals surface area (Å²) in [4.78, 5) is 9.57. The first-order valence-electron chi connectivity index (χ1n) is 5.84. The lowest BCUT2D eigenvalue weighted by molar-refractivity contribution is 1.08. The molecule has 0 saturated heterocycles. The van der Waals surface area contributed by atoms with Crippen LogP contribution in [0.25, 0.3) is 0 Å². The number of aryl methyl sites for hydroxylation is 1. The van der Waals surface area contributed by atoms with Crippen LogP contribution in [0.1, 0.15) is 17.4 Å². The molecule has 0 aromatic carbocycles. The molecule has 0 aliphatic heterocycles. The monoisotopic (exact) mass is 263 g/mol. The standard InChI is InChI=1S/C12H17N5S/c1-3-14-10-6-11(17-12(13)16-10)15-7-9-8(2)4-5-18-9/h4-6H,3,7H2,1-2H3,(H4,13,14,15,16,17). The average molecular weight is 263 g/mol. The molecule has 0 atom stereocenters. The largest absolute Gasteiger partial charge is 0.370 e. The van der Waals surface area contributed by atoms with Crippen LogP contribution in [0.5, 0.6) is 0 Å². The molecule has 5 nitrogen and oxygen atoms in total. The molecule has 2 aromatic heterocycles. The Morgan fingerprint density at radius 3 is 2.61 bits per heavy atom.